The highest BCUT2D eigenvalue weighted by Crippen LogP contribution is 2.18. The van der Waals surface area contributed by atoms with E-state index in [1.165, 1.54) is 23.6 Å². The molecule has 0 aliphatic carbocycles. The van der Waals surface area contributed by atoms with Crippen molar-refractivity contribution in [1.82, 2.24) is 20.2 Å². The monoisotopic (exact) mass is 308 g/mol. The molecule has 21 heavy (non-hydrogen) atoms. The van der Waals surface area contributed by atoms with Gasteiger partial charge in [-0.25, -0.2) is 4.68 Å². The Hall–Kier alpha value is -2.09. The summed E-state index contributed by atoms with van der Waals surface area (Å²) >= 11 is 1.43. The second kappa shape index (κ2) is 7.63. The molecule has 8 heteroatoms. The summed E-state index contributed by atoms with van der Waals surface area (Å²) in [5.41, 5.74) is 1.10. The molecule has 0 aliphatic rings. The lowest BCUT2D eigenvalue weighted by atomic mass is 10.2. The maximum Gasteiger partial charge on any atom is 0.327 e. The summed E-state index contributed by atoms with van der Waals surface area (Å²) in [6, 6.07) is 7.84. The van der Waals surface area contributed by atoms with E-state index in [0.717, 1.165) is 11.3 Å². The number of hydrogen-bond acceptors (Lipinski definition) is 7. The molecule has 0 saturated heterocycles. The summed E-state index contributed by atoms with van der Waals surface area (Å²) in [4.78, 5) is 11.2. The molecule has 2 rings (SSSR count). The average Bonchev–Trinajstić information content (AvgIpc) is 2.92. The molecule has 1 aromatic carbocycles. The van der Waals surface area contributed by atoms with Crippen LogP contribution in [0, 0.1) is 6.92 Å². The summed E-state index contributed by atoms with van der Waals surface area (Å²) < 4.78 is 11.7. The highest BCUT2D eigenvalue weighted by Gasteiger charge is 2.11. The lowest BCUT2D eigenvalue weighted by Gasteiger charge is -2.08. The van der Waals surface area contributed by atoms with Crippen LogP contribution < -0.4 is 4.74 Å². The number of thioether (sulfide) groups is 1. The quantitative estimate of drug-likeness (QED) is 0.433. The van der Waals surface area contributed by atoms with Crippen LogP contribution in [0.25, 0.3) is 0 Å². The number of aryl methyl sites for hydroxylation is 1. The minimum absolute atomic E-state index is 0.00445. The Morgan fingerprint density at radius 3 is 2.95 bits per heavy atom. The molecule has 0 radical (unpaired) electrons. The normalized spacial score (nSPS) is 10.4. The van der Waals surface area contributed by atoms with Crippen molar-refractivity contribution in [3.63, 3.8) is 0 Å². The van der Waals surface area contributed by atoms with Crippen molar-refractivity contribution in [2.75, 3.05) is 19.5 Å². The van der Waals surface area contributed by atoms with Crippen LogP contribution in [0.3, 0.4) is 0 Å². The molecule has 0 unspecified atom stereocenters. The van der Waals surface area contributed by atoms with E-state index in [1.807, 2.05) is 31.2 Å². The highest BCUT2D eigenvalue weighted by molar-refractivity contribution is 7.99. The first kappa shape index (κ1) is 15.3. The van der Waals surface area contributed by atoms with Gasteiger partial charge in [-0.1, -0.05) is 30.0 Å². The van der Waals surface area contributed by atoms with E-state index < -0.39 is 0 Å². The van der Waals surface area contributed by atoms with Gasteiger partial charge in [0.15, 0.2) is 0 Å². The molecule has 7 nitrogen and oxygen atoms in total. The predicted octanol–water partition coefficient (Wildman–Crippen LogP) is 1.33. The molecule has 0 saturated carbocycles. The number of hydrogen-bond donors (Lipinski definition) is 0. The SMILES string of the molecule is COC(=O)Cn1nnnc1SCCOc1ccccc1C. The van der Waals surface area contributed by atoms with E-state index in [0.29, 0.717) is 17.5 Å². The maximum absolute atomic E-state index is 11.2. The van der Waals surface area contributed by atoms with Crippen molar-refractivity contribution in [1.29, 1.82) is 0 Å². The smallest absolute Gasteiger partial charge is 0.327 e. The lowest BCUT2D eigenvalue weighted by Crippen LogP contribution is -2.14. The number of carbonyl (C=O) groups is 1. The van der Waals surface area contributed by atoms with Gasteiger partial charge in [-0.2, -0.15) is 0 Å². The molecule has 2 aromatic rings. The Morgan fingerprint density at radius 2 is 2.19 bits per heavy atom. The number of tetrazole rings is 1. The number of ether oxygens (including phenoxy) is 2. The third-order valence-electron chi connectivity index (χ3n) is 2.67. The van der Waals surface area contributed by atoms with Crippen molar-refractivity contribution in [2.45, 2.75) is 18.6 Å². The molecule has 0 fully saturated rings. The molecule has 1 heterocycles. The number of aromatic nitrogens is 4. The second-order valence-electron chi connectivity index (χ2n) is 4.16. The number of carbonyl (C=O) groups excluding carboxylic acids is 1. The van der Waals surface area contributed by atoms with Gasteiger partial charge < -0.3 is 9.47 Å². The first-order chi connectivity index (χ1) is 10.2. The third kappa shape index (κ3) is 4.45. The fourth-order valence-corrected chi connectivity index (χ4v) is 2.28. The molecule has 0 aliphatic heterocycles. The van der Waals surface area contributed by atoms with Gasteiger partial charge in [0.1, 0.15) is 12.3 Å². The van der Waals surface area contributed by atoms with Gasteiger partial charge in [0, 0.05) is 5.75 Å². The van der Waals surface area contributed by atoms with Crippen molar-refractivity contribution >= 4 is 17.7 Å². The van der Waals surface area contributed by atoms with Gasteiger partial charge in [-0.05, 0) is 29.0 Å². The van der Waals surface area contributed by atoms with Crippen LogP contribution in [0.1, 0.15) is 5.56 Å². The highest BCUT2D eigenvalue weighted by atomic mass is 32.2. The molecule has 1 aromatic heterocycles. The molecular formula is C13H16N4O3S. The maximum atomic E-state index is 11.2. The van der Waals surface area contributed by atoms with Gasteiger partial charge in [-0.3, -0.25) is 4.79 Å². The zero-order valence-electron chi connectivity index (χ0n) is 11.9. The van der Waals surface area contributed by atoms with E-state index in [9.17, 15) is 4.79 Å². The first-order valence-corrected chi connectivity index (χ1v) is 7.33. The molecule has 0 N–H and O–H groups in total. The van der Waals surface area contributed by atoms with E-state index in [1.54, 1.807) is 0 Å². The Labute approximate surface area is 126 Å². The van der Waals surface area contributed by atoms with E-state index in [2.05, 4.69) is 20.3 Å². The minimum atomic E-state index is -0.389. The van der Waals surface area contributed by atoms with Gasteiger partial charge in [0.25, 0.3) is 0 Å². The Morgan fingerprint density at radius 1 is 1.38 bits per heavy atom. The van der Waals surface area contributed by atoms with Crippen LogP contribution in [0.5, 0.6) is 5.75 Å². The van der Waals surface area contributed by atoms with Crippen LogP contribution in [0.2, 0.25) is 0 Å². The van der Waals surface area contributed by atoms with Gasteiger partial charge in [-0.15, -0.1) is 5.10 Å². The summed E-state index contributed by atoms with van der Waals surface area (Å²) in [5, 5.41) is 11.7. The van der Waals surface area contributed by atoms with Gasteiger partial charge in [0.2, 0.25) is 5.16 Å². The third-order valence-corrected chi connectivity index (χ3v) is 3.59. The average molecular weight is 308 g/mol. The lowest BCUT2D eigenvalue weighted by molar-refractivity contribution is -0.141. The predicted molar refractivity (Wildman–Crippen MR) is 77.2 cm³/mol. The largest absolute Gasteiger partial charge is 0.492 e. The fraction of sp³-hybridized carbons (Fsp3) is 0.385. The van der Waals surface area contributed by atoms with E-state index >= 15 is 0 Å². The minimum Gasteiger partial charge on any atom is -0.492 e. The zero-order chi connectivity index (χ0) is 15.1. The molecule has 0 amide bonds. The van der Waals surface area contributed by atoms with E-state index in [-0.39, 0.29) is 12.5 Å². The number of para-hydroxylation sites is 1. The summed E-state index contributed by atoms with van der Waals surface area (Å²) in [6.07, 6.45) is 0. The molecular weight excluding hydrogens is 292 g/mol. The summed E-state index contributed by atoms with van der Waals surface area (Å²) in [5.74, 6) is 1.16. The Kier molecular flexibility index (Phi) is 5.56. The zero-order valence-corrected chi connectivity index (χ0v) is 12.7. The number of nitrogens with zero attached hydrogens (tertiary/aromatic N) is 4. The van der Waals surface area contributed by atoms with Crippen LogP contribution in [-0.4, -0.2) is 45.6 Å². The van der Waals surface area contributed by atoms with Crippen molar-refractivity contribution in [2.24, 2.45) is 0 Å². The van der Waals surface area contributed by atoms with E-state index in [4.69, 9.17) is 4.74 Å². The summed E-state index contributed by atoms with van der Waals surface area (Å²) in [6.45, 7) is 2.53. The number of benzene rings is 1. The van der Waals surface area contributed by atoms with Crippen LogP contribution >= 0.6 is 11.8 Å². The van der Waals surface area contributed by atoms with Gasteiger partial charge in [0.05, 0.1) is 13.7 Å². The Bertz CT molecular complexity index is 603. The summed E-state index contributed by atoms with van der Waals surface area (Å²) in [7, 11) is 1.33. The second-order valence-corrected chi connectivity index (χ2v) is 5.22. The molecule has 0 atom stereocenters. The Balaban J connectivity index is 1.80. The van der Waals surface area contributed by atoms with Crippen LogP contribution in [-0.2, 0) is 16.1 Å². The first-order valence-electron chi connectivity index (χ1n) is 6.35. The number of methoxy groups -OCH3 is 1. The molecule has 0 bridgehead atoms. The molecule has 112 valence electrons. The fourth-order valence-electron chi connectivity index (χ4n) is 1.59. The molecule has 0 spiro atoms. The van der Waals surface area contributed by atoms with Gasteiger partial charge >= 0.3 is 5.97 Å². The van der Waals surface area contributed by atoms with Crippen LogP contribution in [0.15, 0.2) is 29.4 Å². The number of esters is 1. The van der Waals surface area contributed by atoms with Crippen molar-refractivity contribution in [3.05, 3.63) is 29.8 Å². The standard InChI is InChI=1S/C13H16N4O3S/c1-10-5-3-4-6-11(10)20-7-8-21-13-14-15-16-17(13)9-12(18)19-2/h3-6H,7-9H2,1-2H3. The number of rotatable bonds is 7. The van der Waals surface area contributed by atoms with Crippen molar-refractivity contribution in [3.8, 4) is 5.75 Å². The van der Waals surface area contributed by atoms with Crippen molar-refractivity contribution < 1.29 is 14.3 Å². The van der Waals surface area contributed by atoms with Crippen LogP contribution in [0.4, 0.5) is 0 Å². The topological polar surface area (TPSA) is 79.1 Å².